The van der Waals surface area contributed by atoms with Crippen molar-refractivity contribution in [3.8, 4) is 0 Å². The number of carbonyl (C=O) groups excluding carboxylic acids is 1. The van der Waals surface area contributed by atoms with E-state index in [2.05, 4.69) is 20.9 Å². The third-order valence-electron chi connectivity index (χ3n) is 2.18. The van der Waals surface area contributed by atoms with Crippen molar-refractivity contribution in [2.45, 2.75) is 6.92 Å². The number of H-pyrrole nitrogens is 1. The number of ether oxygens (including phenoxy) is 1. The van der Waals surface area contributed by atoms with Crippen LogP contribution in [0.2, 0.25) is 0 Å². The van der Waals surface area contributed by atoms with Gasteiger partial charge in [0.25, 0.3) is 0 Å². The fourth-order valence-electron chi connectivity index (χ4n) is 1.48. The Bertz CT molecular complexity index is 550. The summed E-state index contributed by atoms with van der Waals surface area (Å²) in [6.07, 6.45) is 0. The molecule has 0 atom stereocenters. The zero-order chi connectivity index (χ0) is 11.7. The molecule has 84 valence electrons. The molecule has 0 radical (unpaired) electrons. The maximum absolute atomic E-state index is 13.0. The van der Waals surface area contributed by atoms with Crippen molar-refractivity contribution in [2.24, 2.45) is 0 Å². The minimum Gasteiger partial charge on any atom is -0.461 e. The second-order valence-electron chi connectivity index (χ2n) is 3.22. The van der Waals surface area contributed by atoms with E-state index in [1.807, 2.05) is 0 Å². The summed E-state index contributed by atoms with van der Waals surface area (Å²) in [5.41, 5.74) is 0.999. The van der Waals surface area contributed by atoms with E-state index < -0.39 is 5.97 Å². The predicted molar refractivity (Wildman–Crippen MR) is 61.9 cm³/mol. The van der Waals surface area contributed by atoms with Crippen molar-refractivity contribution in [1.29, 1.82) is 0 Å². The third-order valence-corrected chi connectivity index (χ3v) is 3.00. The van der Waals surface area contributed by atoms with Gasteiger partial charge in [0, 0.05) is 10.9 Å². The molecule has 0 bridgehead atoms. The van der Waals surface area contributed by atoms with Crippen molar-refractivity contribution >= 4 is 32.8 Å². The van der Waals surface area contributed by atoms with Gasteiger partial charge in [-0.1, -0.05) is 0 Å². The number of fused-ring (bicyclic) bond motifs is 1. The predicted octanol–water partition coefficient (Wildman–Crippen LogP) is 3.25. The maximum atomic E-state index is 13.0. The average Bonchev–Trinajstić information content (AvgIpc) is 2.57. The van der Waals surface area contributed by atoms with Crippen LogP contribution in [0, 0.1) is 5.82 Å². The largest absolute Gasteiger partial charge is 0.461 e. The highest BCUT2D eigenvalue weighted by molar-refractivity contribution is 9.10. The highest BCUT2D eigenvalue weighted by Crippen LogP contribution is 2.28. The summed E-state index contributed by atoms with van der Waals surface area (Å²) in [7, 11) is 0. The Morgan fingerprint density at radius 2 is 2.31 bits per heavy atom. The van der Waals surface area contributed by atoms with E-state index >= 15 is 0 Å². The smallest absolute Gasteiger partial charge is 0.355 e. The molecule has 3 nitrogen and oxygen atoms in total. The van der Waals surface area contributed by atoms with Crippen LogP contribution in [-0.2, 0) is 4.74 Å². The summed E-state index contributed by atoms with van der Waals surface area (Å²) in [5, 5.41) is 0.628. The average molecular weight is 286 g/mol. The summed E-state index contributed by atoms with van der Waals surface area (Å²) in [6, 6.07) is 4.27. The van der Waals surface area contributed by atoms with Crippen LogP contribution in [0.4, 0.5) is 4.39 Å². The lowest BCUT2D eigenvalue weighted by molar-refractivity contribution is 0.0519. The van der Waals surface area contributed by atoms with Crippen LogP contribution in [-0.4, -0.2) is 17.6 Å². The first-order chi connectivity index (χ1) is 7.63. The number of benzene rings is 1. The van der Waals surface area contributed by atoms with Crippen LogP contribution in [0.15, 0.2) is 22.7 Å². The molecule has 2 rings (SSSR count). The van der Waals surface area contributed by atoms with Gasteiger partial charge in [-0.3, -0.25) is 0 Å². The number of carbonyl (C=O) groups is 1. The molecule has 0 aliphatic rings. The number of esters is 1. The second-order valence-corrected chi connectivity index (χ2v) is 4.02. The molecule has 1 aromatic heterocycles. The summed E-state index contributed by atoms with van der Waals surface area (Å²) >= 11 is 3.26. The molecule has 5 heteroatoms. The zero-order valence-corrected chi connectivity index (χ0v) is 10.1. The van der Waals surface area contributed by atoms with E-state index in [0.29, 0.717) is 27.7 Å². The summed E-state index contributed by atoms with van der Waals surface area (Å²) in [4.78, 5) is 14.4. The maximum Gasteiger partial charge on any atom is 0.355 e. The Balaban J connectivity index is 2.56. The summed E-state index contributed by atoms with van der Waals surface area (Å²) in [6.45, 7) is 2.03. The molecule has 0 aliphatic heterocycles. The molecule has 0 saturated heterocycles. The molecule has 0 fully saturated rings. The van der Waals surface area contributed by atoms with E-state index in [-0.39, 0.29) is 5.82 Å². The number of hydrogen-bond donors (Lipinski definition) is 1. The van der Waals surface area contributed by atoms with E-state index in [4.69, 9.17) is 4.74 Å². The Hall–Kier alpha value is -1.36. The SMILES string of the molecule is CCOC(=O)c1[nH]c2ccc(F)cc2c1Br. The van der Waals surface area contributed by atoms with Crippen LogP contribution in [0.25, 0.3) is 10.9 Å². The van der Waals surface area contributed by atoms with Crippen molar-refractivity contribution in [1.82, 2.24) is 4.98 Å². The second kappa shape index (κ2) is 4.25. The van der Waals surface area contributed by atoms with Crippen LogP contribution in [0.5, 0.6) is 0 Å². The highest BCUT2D eigenvalue weighted by atomic mass is 79.9. The van der Waals surface area contributed by atoms with Gasteiger partial charge in [0.05, 0.1) is 11.1 Å². The fraction of sp³-hybridized carbons (Fsp3) is 0.182. The molecular weight excluding hydrogens is 277 g/mol. The summed E-state index contributed by atoms with van der Waals surface area (Å²) < 4.78 is 18.4. The van der Waals surface area contributed by atoms with Gasteiger partial charge in [-0.05, 0) is 41.1 Å². The van der Waals surface area contributed by atoms with Gasteiger partial charge in [-0.15, -0.1) is 0 Å². The molecule has 1 N–H and O–H groups in total. The Morgan fingerprint density at radius 3 is 3.00 bits per heavy atom. The standard InChI is InChI=1S/C11H9BrFNO2/c1-2-16-11(15)10-9(12)7-5-6(13)3-4-8(7)14-10/h3-5,14H,2H2,1H3. The van der Waals surface area contributed by atoms with Gasteiger partial charge in [0.2, 0.25) is 0 Å². The molecule has 1 aromatic carbocycles. The fourth-order valence-corrected chi connectivity index (χ4v) is 2.06. The molecule has 16 heavy (non-hydrogen) atoms. The Labute approximate surface area is 99.7 Å². The number of nitrogens with one attached hydrogen (secondary N) is 1. The van der Waals surface area contributed by atoms with Crippen LogP contribution in [0.3, 0.4) is 0 Å². The van der Waals surface area contributed by atoms with E-state index in [1.165, 1.54) is 12.1 Å². The number of halogens is 2. The quantitative estimate of drug-likeness (QED) is 0.861. The topological polar surface area (TPSA) is 42.1 Å². The van der Waals surface area contributed by atoms with Crippen LogP contribution >= 0.6 is 15.9 Å². The molecule has 0 amide bonds. The molecule has 1 heterocycles. The minimum absolute atomic E-state index is 0.301. The first-order valence-electron chi connectivity index (χ1n) is 4.77. The molecule has 0 unspecified atom stereocenters. The van der Waals surface area contributed by atoms with E-state index in [9.17, 15) is 9.18 Å². The number of hydrogen-bond acceptors (Lipinski definition) is 2. The normalized spacial score (nSPS) is 10.7. The third kappa shape index (κ3) is 1.82. The Morgan fingerprint density at radius 1 is 1.56 bits per heavy atom. The van der Waals surface area contributed by atoms with Gasteiger partial charge in [-0.25, -0.2) is 9.18 Å². The van der Waals surface area contributed by atoms with Crippen molar-refractivity contribution in [3.05, 3.63) is 34.2 Å². The van der Waals surface area contributed by atoms with Crippen molar-refractivity contribution in [2.75, 3.05) is 6.61 Å². The monoisotopic (exact) mass is 285 g/mol. The molecular formula is C11H9BrFNO2. The lowest BCUT2D eigenvalue weighted by Gasteiger charge is -1.98. The van der Waals surface area contributed by atoms with Gasteiger partial charge >= 0.3 is 5.97 Å². The number of aromatic amines is 1. The first-order valence-corrected chi connectivity index (χ1v) is 5.56. The van der Waals surface area contributed by atoms with E-state index in [1.54, 1.807) is 13.0 Å². The lowest BCUT2D eigenvalue weighted by Crippen LogP contribution is -2.05. The summed E-state index contributed by atoms with van der Waals surface area (Å²) in [5.74, 6) is -0.798. The van der Waals surface area contributed by atoms with Crippen LogP contribution < -0.4 is 0 Å². The first kappa shape index (κ1) is 11.1. The molecule has 0 spiro atoms. The zero-order valence-electron chi connectivity index (χ0n) is 8.51. The van der Waals surface area contributed by atoms with Gasteiger partial charge in [0.15, 0.2) is 0 Å². The van der Waals surface area contributed by atoms with Gasteiger partial charge in [0.1, 0.15) is 11.5 Å². The van der Waals surface area contributed by atoms with Gasteiger partial charge < -0.3 is 9.72 Å². The Kier molecular flexibility index (Phi) is 2.96. The molecule has 0 saturated carbocycles. The number of aromatic nitrogens is 1. The highest BCUT2D eigenvalue weighted by Gasteiger charge is 2.17. The van der Waals surface area contributed by atoms with E-state index in [0.717, 1.165) is 0 Å². The van der Waals surface area contributed by atoms with Gasteiger partial charge in [-0.2, -0.15) is 0 Å². The molecule has 2 aromatic rings. The van der Waals surface area contributed by atoms with Crippen LogP contribution in [0.1, 0.15) is 17.4 Å². The van der Waals surface area contributed by atoms with Crippen molar-refractivity contribution in [3.63, 3.8) is 0 Å². The lowest BCUT2D eigenvalue weighted by atomic mass is 10.2. The van der Waals surface area contributed by atoms with Crippen molar-refractivity contribution < 1.29 is 13.9 Å². The molecule has 0 aliphatic carbocycles. The minimum atomic E-state index is -0.453. The number of rotatable bonds is 2.